The lowest BCUT2D eigenvalue weighted by Gasteiger charge is -1.82. The van der Waals surface area contributed by atoms with Crippen LogP contribution in [0.4, 0.5) is 0 Å². The average Bonchev–Trinajstić information content (AvgIpc) is 2.34. The van der Waals surface area contributed by atoms with Crippen molar-refractivity contribution in [2.24, 2.45) is 5.73 Å². The summed E-state index contributed by atoms with van der Waals surface area (Å²) in [5.74, 6) is 0. The minimum Gasteiger partial charge on any atom is -0.363 e. The first-order valence-corrected chi connectivity index (χ1v) is 2.64. The molecular weight excluding hydrogens is 114 g/mol. The predicted octanol–water partition coefficient (Wildman–Crippen LogP) is 0.345. The molecule has 0 unspecified atom stereocenters. The second-order valence-corrected chi connectivity index (χ2v) is 1.73. The Morgan fingerprint density at radius 2 is 2.56 bits per heavy atom. The summed E-state index contributed by atoms with van der Waals surface area (Å²) >= 11 is 0. The Bertz CT molecular complexity index is 231. The number of H-pyrrole nitrogens is 1. The summed E-state index contributed by atoms with van der Waals surface area (Å²) in [4.78, 5) is 2.86. The van der Waals surface area contributed by atoms with Crippen LogP contribution in [-0.2, 0) is 6.54 Å². The van der Waals surface area contributed by atoms with E-state index in [1.54, 1.807) is 12.3 Å². The molecule has 0 aliphatic rings. The van der Waals surface area contributed by atoms with Crippen LogP contribution in [-0.4, -0.2) is 4.98 Å². The first-order chi connectivity index (χ1) is 4.36. The number of aromatic amines is 1. The summed E-state index contributed by atoms with van der Waals surface area (Å²) in [6.45, 7) is 0.460. The Morgan fingerprint density at radius 1 is 1.78 bits per heavy atom. The van der Waals surface area contributed by atoms with E-state index in [0.29, 0.717) is 12.1 Å². The van der Waals surface area contributed by atoms with Gasteiger partial charge < -0.3 is 10.7 Å². The molecule has 0 fully saturated rings. The fourth-order valence-corrected chi connectivity index (χ4v) is 0.624. The Labute approximate surface area is 53.1 Å². The lowest BCUT2D eigenvalue weighted by atomic mass is 10.3. The monoisotopic (exact) mass is 121 g/mol. The maximum absolute atomic E-state index is 8.34. The van der Waals surface area contributed by atoms with E-state index in [9.17, 15) is 0 Å². The lowest BCUT2D eigenvalue weighted by molar-refractivity contribution is 1.01. The van der Waals surface area contributed by atoms with Gasteiger partial charge in [-0.05, 0) is 6.07 Å². The van der Waals surface area contributed by atoms with Crippen molar-refractivity contribution < 1.29 is 0 Å². The minimum absolute atomic E-state index is 0.460. The fraction of sp³-hybridized carbons (Fsp3) is 0.167. The highest BCUT2D eigenvalue weighted by molar-refractivity contribution is 5.28. The van der Waals surface area contributed by atoms with E-state index in [1.165, 1.54) is 0 Å². The molecule has 0 spiro atoms. The first kappa shape index (κ1) is 5.86. The van der Waals surface area contributed by atoms with Crippen molar-refractivity contribution >= 4 is 0 Å². The van der Waals surface area contributed by atoms with Gasteiger partial charge in [-0.15, -0.1) is 0 Å². The van der Waals surface area contributed by atoms with E-state index in [4.69, 9.17) is 11.0 Å². The summed E-state index contributed by atoms with van der Waals surface area (Å²) in [5.41, 5.74) is 6.81. The third-order valence-electron chi connectivity index (χ3n) is 1.09. The molecule has 1 heterocycles. The Kier molecular flexibility index (Phi) is 1.52. The molecule has 3 N–H and O–H groups in total. The highest BCUT2D eigenvalue weighted by Gasteiger charge is 1.92. The molecule has 0 amide bonds. The Hall–Kier alpha value is -1.27. The second kappa shape index (κ2) is 2.33. The van der Waals surface area contributed by atoms with Gasteiger partial charge in [0.25, 0.3) is 0 Å². The third kappa shape index (κ3) is 1.09. The van der Waals surface area contributed by atoms with E-state index in [-0.39, 0.29) is 0 Å². The summed E-state index contributed by atoms with van der Waals surface area (Å²) in [6, 6.07) is 3.73. The third-order valence-corrected chi connectivity index (χ3v) is 1.09. The van der Waals surface area contributed by atoms with E-state index in [1.807, 2.05) is 6.07 Å². The zero-order chi connectivity index (χ0) is 6.69. The molecule has 0 saturated heterocycles. The van der Waals surface area contributed by atoms with Crippen molar-refractivity contribution in [2.75, 3.05) is 0 Å². The molecule has 0 atom stereocenters. The molecule has 0 radical (unpaired) electrons. The van der Waals surface area contributed by atoms with Crippen LogP contribution >= 0.6 is 0 Å². The SMILES string of the molecule is N#Cc1c[nH]c(CN)c1. The standard InChI is InChI=1S/C6H7N3/c7-2-5-1-6(3-8)9-4-5/h1,4,9H,3,8H2. The molecule has 0 saturated carbocycles. The smallest absolute Gasteiger partial charge is 0.101 e. The van der Waals surface area contributed by atoms with Gasteiger partial charge in [0, 0.05) is 18.4 Å². The van der Waals surface area contributed by atoms with Crippen LogP contribution in [0.5, 0.6) is 0 Å². The molecule has 3 nitrogen and oxygen atoms in total. The number of hydrogen-bond acceptors (Lipinski definition) is 2. The van der Waals surface area contributed by atoms with Crippen LogP contribution in [0.25, 0.3) is 0 Å². The second-order valence-electron chi connectivity index (χ2n) is 1.73. The highest BCUT2D eigenvalue weighted by Crippen LogP contribution is 1.99. The molecule has 1 aromatic heterocycles. The van der Waals surface area contributed by atoms with Crippen LogP contribution in [0.15, 0.2) is 12.3 Å². The summed E-state index contributed by atoms with van der Waals surface area (Å²) < 4.78 is 0. The topological polar surface area (TPSA) is 65.6 Å². The molecule has 0 aliphatic heterocycles. The van der Waals surface area contributed by atoms with Gasteiger partial charge in [-0.3, -0.25) is 0 Å². The molecule has 0 bridgehead atoms. The number of nitrogens with one attached hydrogen (secondary N) is 1. The molecule has 46 valence electrons. The normalized spacial score (nSPS) is 8.89. The molecule has 0 aliphatic carbocycles. The van der Waals surface area contributed by atoms with Gasteiger partial charge in [-0.1, -0.05) is 0 Å². The predicted molar refractivity (Wildman–Crippen MR) is 33.4 cm³/mol. The van der Waals surface area contributed by atoms with Crippen LogP contribution in [0.1, 0.15) is 11.3 Å². The van der Waals surface area contributed by atoms with Gasteiger partial charge in [0.05, 0.1) is 5.56 Å². The van der Waals surface area contributed by atoms with Crippen molar-refractivity contribution in [3.63, 3.8) is 0 Å². The fourth-order valence-electron chi connectivity index (χ4n) is 0.624. The van der Waals surface area contributed by atoms with Crippen molar-refractivity contribution in [3.05, 3.63) is 23.5 Å². The molecule has 3 heteroatoms. The number of hydrogen-bond donors (Lipinski definition) is 2. The maximum Gasteiger partial charge on any atom is 0.101 e. The van der Waals surface area contributed by atoms with E-state index in [0.717, 1.165) is 5.69 Å². The van der Waals surface area contributed by atoms with Gasteiger partial charge in [-0.25, -0.2) is 0 Å². The summed E-state index contributed by atoms with van der Waals surface area (Å²) in [6.07, 6.45) is 1.64. The number of nitrogens with zero attached hydrogens (tertiary/aromatic N) is 1. The Balaban J connectivity index is 2.90. The van der Waals surface area contributed by atoms with Gasteiger partial charge >= 0.3 is 0 Å². The first-order valence-electron chi connectivity index (χ1n) is 2.64. The number of aromatic nitrogens is 1. The maximum atomic E-state index is 8.34. The van der Waals surface area contributed by atoms with Gasteiger partial charge in [0.2, 0.25) is 0 Å². The minimum atomic E-state index is 0.460. The highest BCUT2D eigenvalue weighted by atomic mass is 14.7. The number of nitriles is 1. The lowest BCUT2D eigenvalue weighted by Crippen LogP contribution is -1.94. The average molecular weight is 121 g/mol. The van der Waals surface area contributed by atoms with Gasteiger partial charge in [0.15, 0.2) is 0 Å². The molecule has 0 aromatic carbocycles. The van der Waals surface area contributed by atoms with Crippen LogP contribution in [0.3, 0.4) is 0 Å². The van der Waals surface area contributed by atoms with Crippen LogP contribution in [0.2, 0.25) is 0 Å². The molecule has 1 aromatic rings. The van der Waals surface area contributed by atoms with E-state index in [2.05, 4.69) is 4.98 Å². The zero-order valence-electron chi connectivity index (χ0n) is 4.89. The summed E-state index contributed by atoms with van der Waals surface area (Å²) in [7, 11) is 0. The van der Waals surface area contributed by atoms with Crippen molar-refractivity contribution in [1.82, 2.24) is 4.98 Å². The quantitative estimate of drug-likeness (QED) is 0.562. The van der Waals surface area contributed by atoms with Crippen molar-refractivity contribution in [2.45, 2.75) is 6.54 Å². The molecule has 9 heavy (non-hydrogen) atoms. The Morgan fingerprint density at radius 3 is 2.89 bits per heavy atom. The molecular formula is C6H7N3. The van der Waals surface area contributed by atoms with Gasteiger partial charge in [0.1, 0.15) is 6.07 Å². The molecule has 1 rings (SSSR count). The largest absolute Gasteiger partial charge is 0.363 e. The number of rotatable bonds is 1. The van der Waals surface area contributed by atoms with Gasteiger partial charge in [-0.2, -0.15) is 5.26 Å². The van der Waals surface area contributed by atoms with Crippen molar-refractivity contribution in [1.29, 1.82) is 5.26 Å². The van der Waals surface area contributed by atoms with Crippen LogP contribution < -0.4 is 5.73 Å². The summed E-state index contributed by atoms with van der Waals surface area (Å²) in [5, 5.41) is 8.34. The van der Waals surface area contributed by atoms with E-state index < -0.39 is 0 Å². The van der Waals surface area contributed by atoms with Crippen LogP contribution in [0, 0.1) is 11.3 Å². The van der Waals surface area contributed by atoms with E-state index >= 15 is 0 Å². The van der Waals surface area contributed by atoms with Crippen molar-refractivity contribution in [3.8, 4) is 6.07 Å². The number of nitrogens with two attached hydrogens (primary N) is 1. The zero-order valence-corrected chi connectivity index (χ0v) is 4.89.